The Morgan fingerprint density at radius 3 is 2.96 bits per heavy atom. The van der Waals surface area contributed by atoms with Crippen LogP contribution in [0.1, 0.15) is 55.0 Å². The molecule has 0 bridgehead atoms. The van der Waals surface area contributed by atoms with E-state index >= 15 is 0 Å². The molecule has 0 N–H and O–H groups in total. The number of aromatic nitrogens is 3. The zero-order valence-corrected chi connectivity index (χ0v) is 14.6. The molecule has 0 atom stereocenters. The van der Waals surface area contributed by atoms with Crippen LogP contribution in [0.3, 0.4) is 0 Å². The molecule has 0 spiro atoms. The molecule has 0 aromatic carbocycles. The van der Waals surface area contributed by atoms with Crippen LogP contribution in [0.25, 0.3) is 4.83 Å². The zero-order chi connectivity index (χ0) is 16.5. The largest absolute Gasteiger partial charge is 0.404 e. The number of fused-ring (bicyclic) bond motifs is 1. The molecule has 1 fully saturated rings. The van der Waals surface area contributed by atoms with Crippen molar-refractivity contribution in [2.75, 3.05) is 0 Å². The second-order valence-electron chi connectivity index (χ2n) is 6.53. The molecule has 0 unspecified atom stereocenters. The van der Waals surface area contributed by atoms with Crippen LogP contribution in [-0.2, 0) is 6.61 Å². The zero-order valence-electron chi connectivity index (χ0n) is 13.8. The highest BCUT2D eigenvalue weighted by Gasteiger charge is 2.21. The highest BCUT2D eigenvalue weighted by molar-refractivity contribution is 7.15. The Morgan fingerprint density at radius 1 is 1.29 bits per heavy atom. The van der Waals surface area contributed by atoms with Crippen molar-refractivity contribution < 1.29 is 4.84 Å². The predicted molar refractivity (Wildman–Crippen MR) is 94.6 cm³/mol. The van der Waals surface area contributed by atoms with Crippen LogP contribution < -0.4 is 10.4 Å². The second kappa shape index (κ2) is 6.43. The third kappa shape index (κ3) is 2.86. The van der Waals surface area contributed by atoms with E-state index in [2.05, 4.69) is 16.4 Å². The maximum absolute atomic E-state index is 12.5. The number of imidazole rings is 1. The van der Waals surface area contributed by atoms with Crippen molar-refractivity contribution in [1.82, 2.24) is 14.1 Å². The first-order valence-electron chi connectivity index (χ1n) is 8.47. The van der Waals surface area contributed by atoms with Crippen molar-refractivity contribution in [1.29, 1.82) is 0 Å². The summed E-state index contributed by atoms with van der Waals surface area (Å²) in [5.41, 5.74) is 2.96. The van der Waals surface area contributed by atoms with E-state index in [9.17, 15) is 4.79 Å². The molecule has 3 heterocycles. The lowest BCUT2D eigenvalue weighted by atomic mass is 9.86. The molecule has 3 aromatic heterocycles. The molecule has 0 saturated heterocycles. The highest BCUT2D eigenvalue weighted by atomic mass is 32.1. The lowest BCUT2D eigenvalue weighted by Crippen LogP contribution is -2.31. The van der Waals surface area contributed by atoms with Crippen LogP contribution >= 0.6 is 11.3 Å². The molecule has 4 rings (SSSR count). The van der Waals surface area contributed by atoms with Crippen LogP contribution in [0.2, 0.25) is 0 Å². The topological polar surface area (TPSA) is 48.5 Å². The standard InChI is InChI=1S/C18H21N3O2S/c1-13-7-16(14-5-3-2-4-6-14)21(17(22)8-13)23-10-15-11-24-18-9-19-12-20(15)18/h7-9,11-12,14H,2-6,10H2,1H3. The Balaban J connectivity index is 1.64. The molecule has 1 saturated carbocycles. The van der Waals surface area contributed by atoms with E-state index in [1.165, 1.54) is 24.0 Å². The molecule has 0 radical (unpaired) electrons. The van der Waals surface area contributed by atoms with Crippen LogP contribution in [-0.4, -0.2) is 14.1 Å². The summed E-state index contributed by atoms with van der Waals surface area (Å²) in [5, 5.41) is 2.05. The van der Waals surface area contributed by atoms with Gasteiger partial charge in [-0.3, -0.25) is 9.20 Å². The molecule has 3 aromatic rings. The Kier molecular flexibility index (Phi) is 4.14. The molecule has 5 nitrogen and oxygen atoms in total. The van der Waals surface area contributed by atoms with Gasteiger partial charge in [-0.15, -0.1) is 16.1 Å². The number of thiazole rings is 1. The van der Waals surface area contributed by atoms with Gasteiger partial charge >= 0.3 is 0 Å². The van der Waals surface area contributed by atoms with Crippen molar-refractivity contribution in [2.45, 2.75) is 51.6 Å². The molecule has 6 heteroatoms. The van der Waals surface area contributed by atoms with Gasteiger partial charge < -0.3 is 4.84 Å². The van der Waals surface area contributed by atoms with Gasteiger partial charge in [0.05, 0.1) is 17.6 Å². The van der Waals surface area contributed by atoms with Crippen LogP contribution in [0, 0.1) is 6.92 Å². The quantitative estimate of drug-likeness (QED) is 0.728. The van der Waals surface area contributed by atoms with Gasteiger partial charge in [0.25, 0.3) is 5.56 Å². The number of rotatable bonds is 4. The van der Waals surface area contributed by atoms with Gasteiger partial charge in [0.2, 0.25) is 0 Å². The first kappa shape index (κ1) is 15.4. The summed E-state index contributed by atoms with van der Waals surface area (Å²) in [6.45, 7) is 2.34. The predicted octanol–water partition coefficient (Wildman–Crippen LogP) is 3.54. The first-order chi connectivity index (χ1) is 11.7. The van der Waals surface area contributed by atoms with Crippen molar-refractivity contribution in [3.63, 3.8) is 0 Å². The summed E-state index contributed by atoms with van der Waals surface area (Å²) in [6.07, 6.45) is 9.64. The van der Waals surface area contributed by atoms with Gasteiger partial charge in [0, 0.05) is 17.4 Å². The fourth-order valence-electron chi connectivity index (χ4n) is 3.54. The van der Waals surface area contributed by atoms with E-state index in [0.717, 1.165) is 34.6 Å². The Hall–Kier alpha value is -2.08. The van der Waals surface area contributed by atoms with Crippen molar-refractivity contribution in [2.24, 2.45) is 0 Å². The highest BCUT2D eigenvalue weighted by Crippen LogP contribution is 2.32. The number of nitrogens with zero attached hydrogens (tertiary/aromatic N) is 3. The fourth-order valence-corrected chi connectivity index (χ4v) is 4.38. The lowest BCUT2D eigenvalue weighted by molar-refractivity contribution is 0.0758. The minimum Gasteiger partial charge on any atom is -0.404 e. The summed E-state index contributed by atoms with van der Waals surface area (Å²) >= 11 is 1.63. The minimum atomic E-state index is -0.0762. The monoisotopic (exact) mass is 343 g/mol. The van der Waals surface area contributed by atoms with E-state index < -0.39 is 0 Å². The van der Waals surface area contributed by atoms with Gasteiger partial charge in [-0.2, -0.15) is 0 Å². The van der Waals surface area contributed by atoms with E-state index in [4.69, 9.17) is 4.84 Å². The van der Waals surface area contributed by atoms with Gasteiger partial charge in [0.15, 0.2) is 6.61 Å². The number of aryl methyl sites for hydroxylation is 1. The molecule has 24 heavy (non-hydrogen) atoms. The summed E-state index contributed by atoms with van der Waals surface area (Å²) in [6, 6.07) is 3.75. The van der Waals surface area contributed by atoms with Crippen LogP contribution in [0.4, 0.5) is 0 Å². The van der Waals surface area contributed by atoms with Crippen LogP contribution in [0.5, 0.6) is 0 Å². The number of hydrogen-bond acceptors (Lipinski definition) is 4. The Bertz CT molecular complexity index is 903. The van der Waals surface area contributed by atoms with Crippen LogP contribution in [0.15, 0.2) is 34.8 Å². The lowest BCUT2D eigenvalue weighted by Gasteiger charge is -2.25. The maximum atomic E-state index is 12.5. The van der Waals surface area contributed by atoms with E-state index in [0.29, 0.717) is 12.5 Å². The molecular formula is C18H21N3O2S. The minimum absolute atomic E-state index is 0.0762. The summed E-state index contributed by atoms with van der Waals surface area (Å²) in [4.78, 5) is 23.7. The van der Waals surface area contributed by atoms with Gasteiger partial charge in [0.1, 0.15) is 11.2 Å². The molecule has 1 aliphatic carbocycles. The average Bonchev–Trinajstić information content (AvgIpc) is 3.18. The molecular weight excluding hydrogens is 322 g/mol. The van der Waals surface area contributed by atoms with E-state index in [1.807, 2.05) is 17.5 Å². The summed E-state index contributed by atoms with van der Waals surface area (Å²) in [7, 11) is 0. The first-order valence-corrected chi connectivity index (χ1v) is 9.35. The van der Waals surface area contributed by atoms with E-state index in [1.54, 1.807) is 23.7 Å². The summed E-state index contributed by atoms with van der Waals surface area (Å²) in [5.74, 6) is 0.419. The third-order valence-electron chi connectivity index (χ3n) is 4.76. The van der Waals surface area contributed by atoms with Gasteiger partial charge in [-0.25, -0.2) is 4.98 Å². The summed E-state index contributed by atoms with van der Waals surface area (Å²) < 4.78 is 3.52. The number of pyridine rings is 1. The van der Waals surface area contributed by atoms with Crippen molar-refractivity contribution in [3.05, 3.63) is 57.3 Å². The fraction of sp³-hybridized carbons (Fsp3) is 0.444. The third-order valence-corrected chi connectivity index (χ3v) is 5.69. The van der Waals surface area contributed by atoms with Crippen molar-refractivity contribution >= 4 is 16.2 Å². The Labute approximate surface area is 144 Å². The molecule has 1 aliphatic rings. The maximum Gasteiger partial charge on any atom is 0.283 e. The second-order valence-corrected chi connectivity index (χ2v) is 7.42. The van der Waals surface area contributed by atoms with E-state index in [-0.39, 0.29) is 5.56 Å². The average molecular weight is 343 g/mol. The normalized spacial score (nSPS) is 15.9. The molecule has 126 valence electrons. The van der Waals surface area contributed by atoms with Crippen molar-refractivity contribution in [3.8, 4) is 0 Å². The van der Waals surface area contributed by atoms with Gasteiger partial charge in [-0.1, -0.05) is 19.3 Å². The SMILES string of the molecule is Cc1cc(C2CCCCC2)n(OCc2csc3cncn23)c(=O)c1. The Morgan fingerprint density at radius 2 is 2.12 bits per heavy atom. The molecule has 0 amide bonds. The van der Waals surface area contributed by atoms with Gasteiger partial charge in [-0.05, 0) is 31.4 Å². The number of hydrogen-bond donors (Lipinski definition) is 0. The molecule has 0 aliphatic heterocycles. The smallest absolute Gasteiger partial charge is 0.283 e.